The zero-order valence-electron chi connectivity index (χ0n) is 14.4. The van der Waals surface area contributed by atoms with Gasteiger partial charge in [-0.05, 0) is 29.8 Å². The van der Waals surface area contributed by atoms with E-state index in [2.05, 4.69) is 15.7 Å². The van der Waals surface area contributed by atoms with E-state index < -0.39 is 6.17 Å². The van der Waals surface area contributed by atoms with Crippen molar-refractivity contribution in [3.8, 4) is 11.5 Å². The lowest BCUT2D eigenvalue weighted by Gasteiger charge is -2.42. The molecule has 134 valence electrons. The number of amides is 1. The van der Waals surface area contributed by atoms with E-state index in [4.69, 9.17) is 9.57 Å². The van der Waals surface area contributed by atoms with E-state index in [9.17, 15) is 9.90 Å². The Morgan fingerprint density at radius 2 is 2.04 bits per heavy atom. The number of carbonyl (C=O) groups excluding carboxylic acids is 1. The molecule has 0 radical (unpaired) electrons. The van der Waals surface area contributed by atoms with Crippen LogP contribution < -0.4 is 20.4 Å². The zero-order valence-corrected chi connectivity index (χ0v) is 14.4. The molecule has 7 heteroatoms. The lowest BCUT2D eigenvalue weighted by atomic mass is 9.95. The molecule has 26 heavy (non-hydrogen) atoms. The number of benzene rings is 2. The Kier molecular flexibility index (Phi) is 3.93. The van der Waals surface area contributed by atoms with Gasteiger partial charge >= 0.3 is 0 Å². The van der Waals surface area contributed by atoms with Crippen LogP contribution in [0.25, 0.3) is 5.70 Å². The van der Waals surface area contributed by atoms with Crippen molar-refractivity contribution in [2.45, 2.75) is 6.17 Å². The normalized spacial score (nSPS) is 17.9. The second kappa shape index (κ2) is 6.27. The molecule has 0 saturated heterocycles. The van der Waals surface area contributed by atoms with Crippen LogP contribution in [-0.2, 0) is 4.84 Å². The fourth-order valence-electron chi connectivity index (χ4n) is 3.51. The molecule has 3 N–H and O–H groups in total. The van der Waals surface area contributed by atoms with Gasteiger partial charge in [-0.1, -0.05) is 18.2 Å². The Morgan fingerprint density at radius 3 is 2.77 bits per heavy atom. The number of phenolic OH excluding ortho intramolecular Hbond substituents is 1. The molecule has 4 rings (SSSR count). The van der Waals surface area contributed by atoms with Crippen molar-refractivity contribution in [2.24, 2.45) is 0 Å². The molecule has 0 aliphatic carbocycles. The average molecular weight is 353 g/mol. The summed E-state index contributed by atoms with van der Waals surface area (Å²) in [5.41, 5.74) is 6.83. The van der Waals surface area contributed by atoms with Gasteiger partial charge in [0.1, 0.15) is 6.17 Å². The average Bonchev–Trinajstić information content (AvgIpc) is 2.66. The summed E-state index contributed by atoms with van der Waals surface area (Å²) in [6.07, 6.45) is 1.61. The minimum absolute atomic E-state index is 0.0348. The minimum atomic E-state index is -0.395. The monoisotopic (exact) mass is 353 g/mol. The van der Waals surface area contributed by atoms with Gasteiger partial charge in [-0.3, -0.25) is 15.1 Å². The van der Waals surface area contributed by atoms with Gasteiger partial charge in [0.25, 0.3) is 5.91 Å². The van der Waals surface area contributed by atoms with Gasteiger partial charge in [0.2, 0.25) is 0 Å². The summed E-state index contributed by atoms with van der Waals surface area (Å²) in [6.45, 7) is 0.577. The highest BCUT2D eigenvalue weighted by Crippen LogP contribution is 2.41. The van der Waals surface area contributed by atoms with Gasteiger partial charge in [-0.2, -0.15) is 0 Å². The lowest BCUT2D eigenvalue weighted by Crippen LogP contribution is -2.48. The van der Waals surface area contributed by atoms with E-state index >= 15 is 0 Å². The maximum atomic E-state index is 12.7. The predicted molar refractivity (Wildman–Crippen MR) is 96.8 cm³/mol. The Bertz CT molecular complexity index is 910. The number of para-hydroxylation sites is 1. The van der Waals surface area contributed by atoms with Crippen molar-refractivity contribution in [3.63, 3.8) is 0 Å². The van der Waals surface area contributed by atoms with Gasteiger partial charge in [0.15, 0.2) is 11.5 Å². The summed E-state index contributed by atoms with van der Waals surface area (Å²) < 4.78 is 5.11. The molecule has 1 amide bonds. The number of nitrogens with one attached hydrogen (secondary N) is 2. The summed E-state index contributed by atoms with van der Waals surface area (Å²) in [7, 11) is 3.05. The number of rotatable bonds is 4. The third-order valence-corrected chi connectivity index (χ3v) is 4.66. The van der Waals surface area contributed by atoms with E-state index in [1.165, 1.54) is 7.11 Å². The molecule has 0 aromatic heterocycles. The number of hydrogen-bond acceptors (Lipinski definition) is 6. The fraction of sp³-hybridized carbons (Fsp3) is 0.211. The molecule has 7 nitrogen and oxygen atoms in total. The Morgan fingerprint density at radius 1 is 1.23 bits per heavy atom. The molecule has 1 atom stereocenters. The maximum absolute atomic E-state index is 12.7. The van der Waals surface area contributed by atoms with Crippen molar-refractivity contribution in [1.82, 2.24) is 10.8 Å². The highest BCUT2D eigenvalue weighted by molar-refractivity contribution is 6.05. The van der Waals surface area contributed by atoms with E-state index in [-0.39, 0.29) is 11.7 Å². The molecular formula is C19H19N3O4. The van der Waals surface area contributed by atoms with E-state index in [1.807, 2.05) is 24.3 Å². The number of phenols is 1. The molecule has 2 aromatic rings. The molecule has 2 aromatic carbocycles. The summed E-state index contributed by atoms with van der Waals surface area (Å²) in [6, 6.07) is 10.7. The Balaban J connectivity index is 1.81. The molecule has 2 aliphatic heterocycles. The quantitative estimate of drug-likeness (QED) is 0.731. The topological polar surface area (TPSA) is 83.1 Å². The van der Waals surface area contributed by atoms with Crippen LogP contribution >= 0.6 is 0 Å². The van der Waals surface area contributed by atoms with Crippen molar-refractivity contribution in [1.29, 1.82) is 0 Å². The number of methoxy groups -OCH3 is 1. The highest BCUT2D eigenvalue weighted by Gasteiger charge is 2.36. The Labute approximate surface area is 150 Å². The first-order valence-corrected chi connectivity index (χ1v) is 8.21. The van der Waals surface area contributed by atoms with Crippen molar-refractivity contribution in [2.75, 3.05) is 25.7 Å². The van der Waals surface area contributed by atoms with Crippen LogP contribution in [0.3, 0.4) is 0 Å². The smallest absolute Gasteiger partial charge is 0.255 e. The number of anilines is 1. The van der Waals surface area contributed by atoms with Gasteiger partial charge < -0.3 is 20.1 Å². The largest absolute Gasteiger partial charge is 0.504 e. The zero-order chi connectivity index (χ0) is 18.3. The molecule has 0 fully saturated rings. The first kappa shape index (κ1) is 16.3. The lowest BCUT2D eigenvalue weighted by molar-refractivity contribution is 0.0926. The van der Waals surface area contributed by atoms with Crippen LogP contribution in [0.4, 0.5) is 5.69 Å². The number of ether oxygens (including phenoxy) is 1. The third-order valence-electron chi connectivity index (χ3n) is 4.66. The summed E-state index contributed by atoms with van der Waals surface area (Å²) in [5, 5.41) is 13.1. The molecule has 0 saturated carbocycles. The first-order chi connectivity index (χ1) is 12.6. The predicted octanol–water partition coefficient (Wildman–Crippen LogP) is 2.15. The highest BCUT2D eigenvalue weighted by atomic mass is 16.6. The molecule has 2 aliphatic rings. The summed E-state index contributed by atoms with van der Waals surface area (Å²) in [4.78, 5) is 19.8. The standard InChI is InChI=1S/C19H19N3O4/c1-25-16-7-6-11(10-15(16)23)18-20-19(24)13-5-3-4-12-14(21-26-2)8-9-22(18)17(12)13/h3-8,10,18,21,23H,9H2,1-2H3,(H,20,24). The van der Waals surface area contributed by atoms with Crippen LogP contribution in [0.1, 0.15) is 27.7 Å². The molecular weight excluding hydrogens is 334 g/mol. The SMILES string of the molecule is CONC1=CCN2c3c(cccc31)C(=O)NC2c1ccc(OC)c(O)c1. The van der Waals surface area contributed by atoms with Crippen LogP contribution in [0.2, 0.25) is 0 Å². The number of carbonyl (C=O) groups is 1. The van der Waals surface area contributed by atoms with Crippen molar-refractivity contribution < 1.29 is 19.5 Å². The number of nitrogens with zero attached hydrogens (tertiary/aromatic N) is 1. The van der Waals surface area contributed by atoms with Gasteiger partial charge in [-0.25, -0.2) is 0 Å². The summed E-state index contributed by atoms with van der Waals surface area (Å²) in [5.74, 6) is 0.270. The molecule has 2 heterocycles. The van der Waals surface area contributed by atoms with Crippen molar-refractivity contribution in [3.05, 3.63) is 59.2 Å². The van der Waals surface area contributed by atoms with Crippen molar-refractivity contribution >= 4 is 17.3 Å². The van der Waals surface area contributed by atoms with Crippen LogP contribution in [0, 0.1) is 0 Å². The Hall–Kier alpha value is -3.19. The molecule has 1 unspecified atom stereocenters. The fourth-order valence-corrected chi connectivity index (χ4v) is 3.51. The number of aromatic hydroxyl groups is 1. The third kappa shape index (κ3) is 2.44. The van der Waals surface area contributed by atoms with Crippen LogP contribution in [0.15, 0.2) is 42.5 Å². The second-order valence-corrected chi connectivity index (χ2v) is 6.09. The van der Waals surface area contributed by atoms with Gasteiger partial charge in [-0.15, -0.1) is 0 Å². The van der Waals surface area contributed by atoms with Crippen LogP contribution in [0.5, 0.6) is 11.5 Å². The maximum Gasteiger partial charge on any atom is 0.255 e. The summed E-state index contributed by atoms with van der Waals surface area (Å²) >= 11 is 0. The minimum Gasteiger partial charge on any atom is -0.504 e. The second-order valence-electron chi connectivity index (χ2n) is 6.09. The van der Waals surface area contributed by atoms with E-state index in [0.29, 0.717) is 17.9 Å². The van der Waals surface area contributed by atoms with E-state index in [0.717, 1.165) is 22.5 Å². The van der Waals surface area contributed by atoms with E-state index in [1.54, 1.807) is 25.3 Å². The molecule has 0 bridgehead atoms. The van der Waals surface area contributed by atoms with Gasteiger partial charge in [0.05, 0.1) is 31.2 Å². The molecule has 0 spiro atoms. The number of hydrogen-bond donors (Lipinski definition) is 3. The van der Waals surface area contributed by atoms with Gasteiger partial charge in [0, 0.05) is 12.1 Å². The van der Waals surface area contributed by atoms with Crippen LogP contribution in [-0.4, -0.2) is 31.8 Å². The first-order valence-electron chi connectivity index (χ1n) is 8.21. The number of hydroxylamine groups is 1.